The van der Waals surface area contributed by atoms with Crippen molar-refractivity contribution >= 4 is 33.0 Å². The van der Waals surface area contributed by atoms with Crippen molar-refractivity contribution in [3.8, 4) is 0 Å². The van der Waals surface area contributed by atoms with Crippen molar-refractivity contribution < 1.29 is 4.79 Å². The Balaban J connectivity index is 1.57. The molecule has 0 spiro atoms. The Morgan fingerprint density at radius 1 is 1.30 bits per heavy atom. The summed E-state index contributed by atoms with van der Waals surface area (Å²) < 4.78 is 2.63. The quantitative estimate of drug-likeness (QED) is 0.598. The number of H-pyrrole nitrogens is 1. The summed E-state index contributed by atoms with van der Waals surface area (Å²) >= 11 is 1.44. The highest BCUT2D eigenvalue weighted by atomic mass is 32.1. The van der Waals surface area contributed by atoms with Crippen LogP contribution in [0.15, 0.2) is 47.5 Å². The molecular weight excluding hydrogens is 314 g/mol. The van der Waals surface area contributed by atoms with Gasteiger partial charge in [0.15, 0.2) is 5.82 Å². The Morgan fingerprint density at radius 2 is 2.17 bits per heavy atom. The first-order valence-electron chi connectivity index (χ1n) is 6.90. The average molecular weight is 325 g/mol. The molecule has 3 heterocycles. The van der Waals surface area contributed by atoms with Crippen LogP contribution in [0.3, 0.4) is 0 Å². The maximum Gasteiger partial charge on any atom is 0.293 e. The molecule has 1 amide bonds. The molecule has 1 aromatic carbocycles. The van der Waals surface area contributed by atoms with Gasteiger partial charge in [-0.25, -0.2) is 0 Å². The number of aromatic nitrogens is 4. The second-order valence-electron chi connectivity index (χ2n) is 4.93. The highest BCUT2D eigenvalue weighted by Gasteiger charge is 2.12. The summed E-state index contributed by atoms with van der Waals surface area (Å²) in [5.41, 5.74) is -0.110. The van der Waals surface area contributed by atoms with E-state index in [1.165, 1.54) is 17.5 Å². The molecule has 0 saturated carbocycles. The summed E-state index contributed by atoms with van der Waals surface area (Å²) in [6.07, 6.45) is 3.16. The van der Waals surface area contributed by atoms with Crippen molar-refractivity contribution in [1.29, 1.82) is 0 Å². The van der Waals surface area contributed by atoms with Gasteiger partial charge < -0.3 is 10.3 Å². The highest BCUT2D eigenvalue weighted by Crippen LogP contribution is 2.25. The minimum atomic E-state index is -0.318. The van der Waals surface area contributed by atoms with Gasteiger partial charge in [-0.3, -0.25) is 14.0 Å². The van der Waals surface area contributed by atoms with E-state index < -0.39 is 0 Å². The molecule has 114 valence electrons. The molecule has 0 radical (unpaired) electrons. The zero-order valence-corrected chi connectivity index (χ0v) is 12.6. The van der Waals surface area contributed by atoms with Crippen molar-refractivity contribution in [3.05, 3.63) is 63.8 Å². The van der Waals surface area contributed by atoms with Gasteiger partial charge in [0.25, 0.3) is 11.5 Å². The minimum Gasteiger partial charge on any atom is -0.344 e. The topological polar surface area (TPSA) is 92.2 Å². The van der Waals surface area contributed by atoms with Crippen molar-refractivity contribution in [1.82, 2.24) is 24.9 Å². The molecular formula is C15H11N5O2S. The summed E-state index contributed by atoms with van der Waals surface area (Å²) in [6.45, 7) is 0.192. The van der Waals surface area contributed by atoms with E-state index >= 15 is 0 Å². The molecule has 0 fully saturated rings. The Morgan fingerprint density at radius 3 is 3.04 bits per heavy atom. The Bertz CT molecular complexity index is 1050. The van der Waals surface area contributed by atoms with Gasteiger partial charge in [0.2, 0.25) is 5.65 Å². The van der Waals surface area contributed by atoms with Gasteiger partial charge in [-0.1, -0.05) is 18.2 Å². The lowest BCUT2D eigenvalue weighted by Crippen LogP contribution is -2.23. The van der Waals surface area contributed by atoms with Crippen LogP contribution in [0.1, 0.15) is 15.5 Å². The molecule has 4 rings (SSSR count). The lowest BCUT2D eigenvalue weighted by atomic mass is 10.2. The second kappa shape index (κ2) is 5.33. The van der Waals surface area contributed by atoms with Crippen molar-refractivity contribution in [3.63, 3.8) is 0 Å². The van der Waals surface area contributed by atoms with E-state index in [1.807, 2.05) is 30.3 Å². The Kier molecular flexibility index (Phi) is 3.16. The zero-order chi connectivity index (χ0) is 15.8. The summed E-state index contributed by atoms with van der Waals surface area (Å²) in [4.78, 5) is 27.0. The van der Waals surface area contributed by atoms with Gasteiger partial charge in [-0.15, -0.1) is 21.5 Å². The fourth-order valence-corrected chi connectivity index (χ4v) is 3.33. The molecule has 23 heavy (non-hydrogen) atoms. The number of hydrogen-bond donors (Lipinski definition) is 2. The predicted octanol–water partition coefficient (Wildman–Crippen LogP) is 1.56. The van der Waals surface area contributed by atoms with Crippen LogP contribution in [0.5, 0.6) is 0 Å². The first-order valence-corrected chi connectivity index (χ1v) is 7.72. The second-order valence-corrected chi connectivity index (χ2v) is 6.01. The number of fused-ring (bicyclic) bond motifs is 2. The third-order valence-electron chi connectivity index (χ3n) is 3.46. The molecule has 0 unspecified atom stereocenters. The van der Waals surface area contributed by atoms with E-state index in [4.69, 9.17) is 0 Å². The maximum absolute atomic E-state index is 12.3. The molecule has 4 aromatic rings. The van der Waals surface area contributed by atoms with Gasteiger partial charge in [-0.05, 0) is 17.5 Å². The molecule has 8 heteroatoms. The Hall–Kier alpha value is -3.00. The first kappa shape index (κ1) is 13.6. The standard InChI is InChI=1S/C15H11N5O2S/c21-14(11-7-9-3-1-2-4-10(9)23-11)17-8-12-18-19-13-15(22)16-5-6-20(12)13/h1-7H,8H2,(H,16,22)(H,17,21). The number of nitrogens with one attached hydrogen (secondary N) is 2. The van der Waals surface area contributed by atoms with E-state index in [0.717, 1.165) is 10.1 Å². The number of carbonyl (C=O) groups excluding carboxylic acids is 1. The zero-order valence-electron chi connectivity index (χ0n) is 11.8. The maximum atomic E-state index is 12.3. The third kappa shape index (κ3) is 2.38. The van der Waals surface area contributed by atoms with Crippen LogP contribution in [0.25, 0.3) is 15.7 Å². The van der Waals surface area contributed by atoms with Gasteiger partial charge in [0.05, 0.1) is 11.4 Å². The number of carbonyl (C=O) groups is 1. The predicted molar refractivity (Wildman–Crippen MR) is 86.6 cm³/mol. The molecule has 0 atom stereocenters. The van der Waals surface area contributed by atoms with Crippen molar-refractivity contribution in [2.75, 3.05) is 0 Å². The molecule has 0 saturated heterocycles. The summed E-state index contributed by atoms with van der Waals surface area (Å²) in [7, 11) is 0. The van der Waals surface area contributed by atoms with Crippen LogP contribution in [-0.2, 0) is 6.54 Å². The number of amides is 1. The van der Waals surface area contributed by atoms with Gasteiger partial charge in [0, 0.05) is 17.1 Å². The molecule has 0 bridgehead atoms. The number of benzene rings is 1. The third-order valence-corrected chi connectivity index (χ3v) is 4.58. The normalized spacial score (nSPS) is 11.1. The van der Waals surface area contributed by atoms with E-state index in [9.17, 15) is 9.59 Å². The highest BCUT2D eigenvalue weighted by molar-refractivity contribution is 7.20. The lowest BCUT2D eigenvalue weighted by Gasteiger charge is -2.01. The van der Waals surface area contributed by atoms with E-state index in [0.29, 0.717) is 10.7 Å². The summed E-state index contributed by atoms with van der Waals surface area (Å²) in [5.74, 6) is 0.327. The summed E-state index contributed by atoms with van der Waals surface area (Å²) in [6, 6.07) is 9.70. The SMILES string of the molecule is O=C(NCc1nnc2c(=O)[nH]ccn12)c1cc2ccccc2s1. The van der Waals surface area contributed by atoms with Crippen molar-refractivity contribution in [2.24, 2.45) is 0 Å². The number of rotatable bonds is 3. The van der Waals surface area contributed by atoms with Crippen LogP contribution in [-0.4, -0.2) is 25.5 Å². The first-order chi connectivity index (χ1) is 11.2. The van der Waals surface area contributed by atoms with Gasteiger partial charge in [-0.2, -0.15) is 0 Å². The van der Waals surface area contributed by atoms with Crippen LogP contribution in [0, 0.1) is 0 Å². The fraction of sp³-hybridized carbons (Fsp3) is 0.0667. The molecule has 7 nitrogen and oxygen atoms in total. The van der Waals surface area contributed by atoms with Crippen LogP contribution in [0.4, 0.5) is 0 Å². The largest absolute Gasteiger partial charge is 0.344 e. The number of aromatic amines is 1. The molecule has 0 aliphatic heterocycles. The smallest absolute Gasteiger partial charge is 0.293 e. The molecule has 3 aromatic heterocycles. The fourth-order valence-electron chi connectivity index (χ4n) is 2.35. The molecule has 0 aliphatic rings. The monoisotopic (exact) mass is 325 g/mol. The van der Waals surface area contributed by atoms with Crippen LogP contribution < -0.4 is 10.9 Å². The van der Waals surface area contributed by atoms with Gasteiger partial charge in [0.1, 0.15) is 0 Å². The van der Waals surface area contributed by atoms with E-state index in [1.54, 1.807) is 10.6 Å². The lowest BCUT2D eigenvalue weighted by molar-refractivity contribution is 0.0954. The average Bonchev–Trinajstić information content (AvgIpc) is 3.17. The van der Waals surface area contributed by atoms with Crippen LogP contribution >= 0.6 is 11.3 Å². The van der Waals surface area contributed by atoms with Gasteiger partial charge >= 0.3 is 0 Å². The number of hydrogen-bond acceptors (Lipinski definition) is 5. The number of nitrogens with zero attached hydrogens (tertiary/aromatic N) is 3. The van der Waals surface area contributed by atoms with E-state index in [2.05, 4.69) is 20.5 Å². The molecule has 2 N–H and O–H groups in total. The minimum absolute atomic E-state index is 0.173. The van der Waals surface area contributed by atoms with Crippen molar-refractivity contribution in [2.45, 2.75) is 6.54 Å². The Labute approximate surface area is 133 Å². The molecule has 0 aliphatic carbocycles. The summed E-state index contributed by atoms with van der Waals surface area (Å²) in [5, 5.41) is 11.6. The number of thiophene rings is 1. The van der Waals surface area contributed by atoms with E-state index in [-0.39, 0.29) is 23.7 Å². The van der Waals surface area contributed by atoms with Crippen LogP contribution in [0.2, 0.25) is 0 Å².